The number of rotatable bonds is 4. The summed E-state index contributed by atoms with van der Waals surface area (Å²) < 4.78 is 13.6. The Balaban J connectivity index is 1.78. The molecule has 4 nitrogen and oxygen atoms in total. The van der Waals surface area contributed by atoms with Gasteiger partial charge >= 0.3 is 0 Å². The molecular weight excluding hydrogens is 330 g/mol. The van der Waals surface area contributed by atoms with Crippen molar-refractivity contribution in [1.29, 1.82) is 0 Å². The van der Waals surface area contributed by atoms with Crippen molar-refractivity contribution in [3.63, 3.8) is 0 Å². The Hall–Kier alpha value is -1.56. The van der Waals surface area contributed by atoms with Gasteiger partial charge in [0.15, 0.2) is 4.90 Å². The maximum atomic E-state index is 11.7. The molecule has 1 atom stereocenters. The van der Waals surface area contributed by atoms with Gasteiger partial charge in [0.05, 0.1) is 10.5 Å². The third-order valence-corrected chi connectivity index (χ3v) is 5.53. The van der Waals surface area contributed by atoms with Crippen LogP contribution in [0.2, 0.25) is 5.02 Å². The second-order valence-electron chi connectivity index (χ2n) is 5.99. The van der Waals surface area contributed by atoms with Crippen LogP contribution in [-0.4, -0.2) is 25.8 Å². The largest absolute Gasteiger partial charge is 0.612 e. The van der Waals surface area contributed by atoms with E-state index in [1.54, 1.807) is 6.26 Å². The van der Waals surface area contributed by atoms with Crippen LogP contribution >= 0.6 is 11.6 Å². The molecule has 118 valence electrons. The summed E-state index contributed by atoms with van der Waals surface area (Å²) in [5.74, 6) is 0.731. The summed E-state index contributed by atoms with van der Waals surface area (Å²) >= 11 is 5.56. The molecule has 1 unspecified atom stereocenters. The minimum Gasteiger partial charge on any atom is -0.612 e. The highest BCUT2D eigenvalue weighted by molar-refractivity contribution is 7.90. The van der Waals surface area contributed by atoms with E-state index in [9.17, 15) is 4.55 Å². The van der Waals surface area contributed by atoms with Gasteiger partial charge in [0.2, 0.25) is 0 Å². The molecule has 0 spiro atoms. The van der Waals surface area contributed by atoms with Crippen molar-refractivity contribution in [2.45, 2.75) is 24.3 Å². The Morgan fingerprint density at radius 3 is 2.87 bits per heavy atom. The molecule has 1 aliphatic carbocycles. The molecule has 0 N–H and O–H groups in total. The Bertz CT molecular complexity index is 873. The van der Waals surface area contributed by atoms with Gasteiger partial charge in [-0.2, -0.15) is 0 Å². The standard InChI is InChI=1S/C17H16ClN3OS/c1-23(22)13-4-2-3-12(9-13)14-7-8-15-17(16(14)18)19-20-21(15)10-11-5-6-11/h2-4,7-9,11H,5-6,10H2,1H3. The van der Waals surface area contributed by atoms with E-state index >= 15 is 0 Å². The molecule has 6 heteroatoms. The fourth-order valence-corrected chi connectivity index (χ4v) is 3.62. The smallest absolute Gasteiger partial charge is 0.153 e. The molecule has 1 fully saturated rings. The van der Waals surface area contributed by atoms with Crippen LogP contribution in [0.3, 0.4) is 0 Å². The van der Waals surface area contributed by atoms with E-state index in [0.717, 1.165) is 39.5 Å². The molecule has 1 heterocycles. The molecule has 0 amide bonds. The lowest BCUT2D eigenvalue weighted by Gasteiger charge is -2.09. The monoisotopic (exact) mass is 345 g/mol. The lowest BCUT2D eigenvalue weighted by molar-refractivity contribution is 0.559. The van der Waals surface area contributed by atoms with Crippen LogP contribution in [0.5, 0.6) is 0 Å². The molecule has 3 aromatic rings. The molecule has 1 saturated carbocycles. The lowest BCUT2D eigenvalue weighted by atomic mass is 10.0. The molecule has 2 aromatic carbocycles. The first-order valence-corrected chi connectivity index (χ1v) is 9.52. The van der Waals surface area contributed by atoms with Gasteiger partial charge in [0.1, 0.15) is 11.8 Å². The van der Waals surface area contributed by atoms with Crippen LogP contribution in [0, 0.1) is 5.92 Å². The minimum absolute atomic E-state index is 0.601. The molecule has 0 bridgehead atoms. The highest BCUT2D eigenvalue weighted by atomic mass is 35.5. The normalized spacial score (nSPS) is 16.0. The first-order chi connectivity index (χ1) is 11.1. The number of hydrogen-bond donors (Lipinski definition) is 0. The zero-order valence-corrected chi connectivity index (χ0v) is 14.3. The summed E-state index contributed by atoms with van der Waals surface area (Å²) in [6, 6.07) is 11.7. The van der Waals surface area contributed by atoms with Gasteiger partial charge < -0.3 is 4.55 Å². The van der Waals surface area contributed by atoms with Crippen molar-refractivity contribution in [3.8, 4) is 11.1 Å². The van der Waals surface area contributed by atoms with E-state index in [0.29, 0.717) is 5.02 Å². The number of benzene rings is 2. The molecule has 1 aliphatic rings. The van der Waals surface area contributed by atoms with Crippen molar-refractivity contribution in [1.82, 2.24) is 15.0 Å². The van der Waals surface area contributed by atoms with Crippen LogP contribution in [0.4, 0.5) is 0 Å². The number of fused-ring (bicyclic) bond motifs is 1. The highest BCUT2D eigenvalue weighted by Gasteiger charge is 2.24. The number of halogens is 1. The Labute approximate surface area is 142 Å². The third kappa shape index (κ3) is 2.84. The van der Waals surface area contributed by atoms with Crippen molar-refractivity contribution in [2.75, 3.05) is 6.26 Å². The summed E-state index contributed by atoms with van der Waals surface area (Å²) in [6.45, 7) is 0.913. The molecule has 0 saturated heterocycles. The van der Waals surface area contributed by atoms with E-state index in [-0.39, 0.29) is 0 Å². The van der Waals surface area contributed by atoms with Gasteiger partial charge in [0, 0.05) is 18.2 Å². The third-order valence-electron chi connectivity index (χ3n) is 4.23. The van der Waals surface area contributed by atoms with Crippen LogP contribution in [0.15, 0.2) is 41.3 Å². The van der Waals surface area contributed by atoms with E-state index in [1.165, 1.54) is 12.8 Å². The molecular formula is C17H16ClN3OS. The Morgan fingerprint density at radius 1 is 1.30 bits per heavy atom. The summed E-state index contributed by atoms with van der Waals surface area (Å²) in [4.78, 5) is 0.788. The molecule has 0 aliphatic heterocycles. The lowest BCUT2D eigenvalue weighted by Crippen LogP contribution is -2.01. The fourth-order valence-electron chi connectivity index (χ4n) is 2.75. The predicted octanol–water partition coefficient (Wildman–Crippen LogP) is 3.90. The van der Waals surface area contributed by atoms with E-state index < -0.39 is 11.2 Å². The van der Waals surface area contributed by atoms with Crippen LogP contribution in [-0.2, 0) is 17.7 Å². The maximum absolute atomic E-state index is 11.7. The Kier molecular flexibility index (Phi) is 3.79. The van der Waals surface area contributed by atoms with Gasteiger partial charge in [-0.1, -0.05) is 35.0 Å². The van der Waals surface area contributed by atoms with Crippen molar-refractivity contribution < 1.29 is 4.55 Å². The topological polar surface area (TPSA) is 53.8 Å². The molecule has 23 heavy (non-hydrogen) atoms. The van der Waals surface area contributed by atoms with E-state index in [1.807, 2.05) is 41.1 Å². The van der Waals surface area contributed by atoms with Crippen molar-refractivity contribution >= 4 is 33.8 Å². The van der Waals surface area contributed by atoms with Crippen LogP contribution < -0.4 is 0 Å². The Morgan fingerprint density at radius 2 is 2.13 bits per heavy atom. The van der Waals surface area contributed by atoms with Crippen LogP contribution in [0.1, 0.15) is 12.8 Å². The maximum Gasteiger partial charge on any atom is 0.153 e. The molecule has 1 aromatic heterocycles. The van der Waals surface area contributed by atoms with E-state index in [4.69, 9.17) is 11.6 Å². The zero-order chi connectivity index (χ0) is 16.0. The fraction of sp³-hybridized carbons (Fsp3) is 0.294. The SMILES string of the molecule is C[S+]([O-])c1cccc(-c2ccc3c(nnn3CC3CC3)c2Cl)c1. The molecule has 0 radical (unpaired) electrons. The zero-order valence-electron chi connectivity index (χ0n) is 12.7. The second-order valence-corrected chi connectivity index (χ2v) is 7.75. The predicted molar refractivity (Wildman–Crippen MR) is 93.0 cm³/mol. The minimum atomic E-state index is -1.02. The average Bonchev–Trinajstić information content (AvgIpc) is 3.27. The summed E-state index contributed by atoms with van der Waals surface area (Å²) in [7, 11) is 0. The molecule has 4 rings (SSSR count). The first kappa shape index (κ1) is 15.0. The number of aromatic nitrogens is 3. The van der Waals surface area contributed by atoms with Gasteiger partial charge in [-0.25, -0.2) is 4.68 Å². The van der Waals surface area contributed by atoms with E-state index in [2.05, 4.69) is 10.3 Å². The van der Waals surface area contributed by atoms with Crippen LogP contribution in [0.25, 0.3) is 22.2 Å². The van der Waals surface area contributed by atoms with Gasteiger partial charge in [-0.15, -0.1) is 5.10 Å². The number of nitrogens with zero attached hydrogens (tertiary/aromatic N) is 3. The highest BCUT2D eigenvalue weighted by Crippen LogP contribution is 2.36. The number of hydrogen-bond acceptors (Lipinski definition) is 3. The van der Waals surface area contributed by atoms with Crippen molar-refractivity contribution in [3.05, 3.63) is 41.4 Å². The van der Waals surface area contributed by atoms with Crippen molar-refractivity contribution in [2.24, 2.45) is 5.92 Å². The average molecular weight is 346 g/mol. The summed E-state index contributed by atoms with van der Waals surface area (Å²) in [5, 5.41) is 9.11. The quantitative estimate of drug-likeness (QED) is 0.674. The second kappa shape index (κ2) is 5.82. The first-order valence-electron chi connectivity index (χ1n) is 7.59. The van der Waals surface area contributed by atoms with Gasteiger partial charge in [-0.05, 0) is 47.6 Å². The van der Waals surface area contributed by atoms with Gasteiger partial charge in [0.25, 0.3) is 0 Å². The summed E-state index contributed by atoms with van der Waals surface area (Å²) in [6.07, 6.45) is 4.22. The van der Waals surface area contributed by atoms with Gasteiger partial charge in [-0.3, -0.25) is 0 Å². The summed E-state index contributed by atoms with van der Waals surface area (Å²) in [5.41, 5.74) is 3.54.